The lowest BCUT2D eigenvalue weighted by Gasteiger charge is -2.22. The molecule has 2 rings (SSSR count). The van der Waals surface area contributed by atoms with Crippen molar-refractivity contribution in [3.8, 4) is 0 Å². The predicted molar refractivity (Wildman–Crippen MR) is 63.1 cm³/mol. The minimum absolute atomic E-state index is 0.0877. The maximum atomic E-state index is 13.5. The van der Waals surface area contributed by atoms with Crippen molar-refractivity contribution in [3.63, 3.8) is 0 Å². The van der Waals surface area contributed by atoms with Crippen LogP contribution < -0.4 is 5.73 Å². The molecule has 0 saturated heterocycles. The highest BCUT2D eigenvalue weighted by atomic mass is 19.1. The molecular weight excluding hydrogens is 221 g/mol. The van der Waals surface area contributed by atoms with Crippen molar-refractivity contribution >= 4 is 11.7 Å². The van der Waals surface area contributed by atoms with E-state index in [4.69, 9.17) is 10.5 Å². The molecule has 0 aliphatic heterocycles. The first-order valence-electron chi connectivity index (χ1n) is 5.93. The summed E-state index contributed by atoms with van der Waals surface area (Å²) in [5.41, 5.74) is 5.58. The van der Waals surface area contributed by atoms with Crippen LogP contribution in [-0.2, 0) is 4.74 Å². The van der Waals surface area contributed by atoms with Gasteiger partial charge in [0.2, 0.25) is 0 Å². The number of esters is 1. The smallest absolute Gasteiger partial charge is 0.343 e. The molecule has 1 fully saturated rings. The largest absolute Gasteiger partial charge is 0.459 e. The van der Waals surface area contributed by atoms with Gasteiger partial charge in [-0.3, -0.25) is 0 Å². The Morgan fingerprint density at radius 2 is 2.00 bits per heavy atom. The summed E-state index contributed by atoms with van der Waals surface area (Å²) in [6.45, 7) is 0. The zero-order valence-corrected chi connectivity index (χ0v) is 9.62. The lowest BCUT2D eigenvalue weighted by atomic mass is 9.98. The van der Waals surface area contributed by atoms with Gasteiger partial charge in [-0.15, -0.1) is 0 Å². The topological polar surface area (TPSA) is 52.3 Å². The van der Waals surface area contributed by atoms with E-state index in [1.54, 1.807) is 0 Å². The van der Waals surface area contributed by atoms with Crippen LogP contribution in [-0.4, -0.2) is 12.1 Å². The van der Waals surface area contributed by atoms with E-state index in [0.717, 1.165) is 25.7 Å². The molecule has 1 aromatic rings. The Morgan fingerprint density at radius 1 is 1.29 bits per heavy atom. The van der Waals surface area contributed by atoms with Crippen LogP contribution in [0.1, 0.15) is 42.5 Å². The molecule has 1 aromatic carbocycles. The quantitative estimate of drug-likeness (QED) is 0.635. The second-order valence-electron chi connectivity index (χ2n) is 4.37. The van der Waals surface area contributed by atoms with Gasteiger partial charge in [-0.2, -0.15) is 0 Å². The first kappa shape index (κ1) is 11.9. The van der Waals surface area contributed by atoms with Gasteiger partial charge in [0.15, 0.2) is 0 Å². The van der Waals surface area contributed by atoms with Crippen molar-refractivity contribution < 1.29 is 13.9 Å². The second-order valence-corrected chi connectivity index (χ2v) is 4.37. The summed E-state index contributed by atoms with van der Waals surface area (Å²) >= 11 is 0. The predicted octanol–water partition coefficient (Wildman–Crippen LogP) is 2.90. The Kier molecular flexibility index (Phi) is 3.61. The van der Waals surface area contributed by atoms with Gasteiger partial charge in [0.05, 0.1) is 0 Å². The molecular formula is C13H16FNO2. The van der Waals surface area contributed by atoms with Crippen LogP contribution in [0.2, 0.25) is 0 Å². The van der Waals surface area contributed by atoms with Crippen molar-refractivity contribution in [2.24, 2.45) is 0 Å². The molecule has 0 heterocycles. The van der Waals surface area contributed by atoms with Crippen LogP contribution in [0.4, 0.5) is 10.1 Å². The summed E-state index contributed by atoms with van der Waals surface area (Å²) in [6, 6.07) is 4.19. The van der Waals surface area contributed by atoms with E-state index in [9.17, 15) is 9.18 Å². The van der Waals surface area contributed by atoms with E-state index in [1.165, 1.54) is 24.6 Å². The van der Waals surface area contributed by atoms with E-state index in [-0.39, 0.29) is 17.4 Å². The SMILES string of the molecule is Nc1cccc(F)c1C(=O)OC1CCCCC1. The number of nitrogen functional groups attached to an aromatic ring is 1. The minimum atomic E-state index is -0.646. The monoisotopic (exact) mass is 237 g/mol. The van der Waals surface area contributed by atoms with Gasteiger partial charge >= 0.3 is 5.97 Å². The molecule has 4 heteroatoms. The number of rotatable bonds is 2. The molecule has 0 radical (unpaired) electrons. The molecule has 3 nitrogen and oxygen atoms in total. The Bertz CT molecular complexity index is 394. The van der Waals surface area contributed by atoms with Crippen LogP contribution in [0.15, 0.2) is 18.2 Å². The maximum absolute atomic E-state index is 13.5. The molecule has 0 aromatic heterocycles. The van der Waals surface area contributed by atoms with E-state index in [1.807, 2.05) is 0 Å². The number of benzene rings is 1. The summed E-state index contributed by atoms with van der Waals surface area (Å²) in [4.78, 5) is 11.8. The maximum Gasteiger partial charge on any atom is 0.343 e. The van der Waals surface area contributed by atoms with E-state index >= 15 is 0 Å². The first-order chi connectivity index (χ1) is 8.18. The lowest BCUT2D eigenvalue weighted by Crippen LogP contribution is -2.22. The molecule has 1 saturated carbocycles. The van der Waals surface area contributed by atoms with Crippen molar-refractivity contribution in [2.75, 3.05) is 5.73 Å². The molecule has 0 spiro atoms. The van der Waals surface area contributed by atoms with Crippen LogP contribution in [0.5, 0.6) is 0 Å². The fraction of sp³-hybridized carbons (Fsp3) is 0.462. The van der Waals surface area contributed by atoms with Gasteiger partial charge < -0.3 is 10.5 Å². The highest BCUT2D eigenvalue weighted by Gasteiger charge is 2.22. The van der Waals surface area contributed by atoms with Gasteiger partial charge in [0, 0.05) is 5.69 Å². The van der Waals surface area contributed by atoms with Gasteiger partial charge in [0.1, 0.15) is 17.5 Å². The average molecular weight is 237 g/mol. The summed E-state index contributed by atoms with van der Waals surface area (Å²) in [6.07, 6.45) is 4.93. The fourth-order valence-corrected chi connectivity index (χ4v) is 2.15. The highest BCUT2D eigenvalue weighted by molar-refractivity contribution is 5.95. The number of nitrogens with two attached hydrogens (primary N) is 1. The third kappa shape index (κ3) is 2.75. The third-order valence-corrected chi connectivity index (χ3v) is 3.08. The number of ether oxygens (including phenoxy) is 1. The Balaban J connectivity index is 2.08. The number of carbonyl (C=O) groups is 1. The molecule has 17 heavy (non-hydrogen) atoms. The molecule has 1 aliphatic rings. The van der Waals surface area contributed by atoms with E-state index in [0.29, 0.717) is 0 Å². The average Bonchev–Trinajstić information content (AvgIpc) is 2.30. The summed E-state index contributed by atoms with van der Waals surface area (Å²) in [5, 5.41) is 0. The van der Waals surface area contributed by atoms with Crippen molar-refractivity contribution in [1.82, 2.24) is 0 Å². The lowest BCUT2D eigenvalue weighted by molar-refractivity contribution is 0.0207. The third-order valence-electron chi connectivity index (χ3n) is 3.08. The standard InChI is InChI=1S/C13H16FNO2/c14-10-7-4-8-11(15)12(10)13(16)17-9-5-2-1-3-6-9/h4,7-9H,1-3,5-6,15H2. The molecule has 0 unspecified atom stereocenters. The zero-order valence-electron chi connectivity index (χ0n) is 9.62. The fourth-order valence-electron chi connectivity index (χ4n) is 2.15. The van der Waals surface area contributed by atoms with Crippen LogP contribution in [0.25, 0.3) is 0 Å². The number of halogens is 1. The van der Waals surface area contributed by atoms with Crippen molar-refractivity contribution in [1.29, 1.82) is 0 Å². The molecule has 2 N–H and O–H groups in total. The molecule has 1 aliphatic carbocycles. The Morgan fingerprint density at radius 3 is 2.65 bits per heavy atom. The first-order valence-corrected chi connectivity index (χ1v) is 5.93. The minimum Gasteiger partial charge on any atom is -0.459 e. The van der Waals surface area contributed by atoms with Crippen LogP contribution >= 0.6 is 0 Å². The highest BCUT2D eigenvalue weighted by Crippen LogP contribution is 2.23. The van der Waals surface area contributed by atoms with Crippen molar-refractivity contribution in [3.05, 3.63) is 29.6 Å². The molecule has 0 bridgehead atoms. The Hall–Kier alpha value is -1.58. The summed E-state index contributed by atoms with van der Waals surface area (Å²) < 4.78 is 18.8. The summed E-state index contributed by atoms with van der Waals surface area (Å²) in [5.74, 6) is -1.27. The normalized spacial score (nSPS) is 16.8. The van der Waals surface area contributed by atoms with E-state index < -0.39 is 11.8 Å². The number of hydrogen-bond donors (Lipinski definition) is 1. The molecule has 0 amide bonds. The van der Waals surface area contributed by atoms with Gasteiger partial charge in [0.25, 0.3) is 0 Å². The van der Waals surface area contributed by atoms with Gasteiger partial charge in [-0.25, -0.2) is 9.18 Å². The van der Waals surface area contributed by atoms with Crippen LogP contribution in [0, 0.1) is 5.82 Å². The summed E-state index contributed by atoms with van der Waals surface area (Å²) in [7, 11) is 0. The van der Waals surface area contributed by atoms with Gasteiger partial charge in [-0.05, 0) is 37.8 Å². The van der Waals surface area contributed by atoms with Crippen molar-refractivity contribution in [2.45, 2.75) is 38.2 Å². The molecule has 0 atom stereocenters. The van der Waals surface area contributed by atoms with Gasteiger partial charge in [-0.1, -0.05) is 12.5 Å². The van der Waals surface area contributed by atoms with Crippen LogP contribution in [0.3, 0.4) is 0 Å². The zero-order chi connectivity index (χ0) is 12.3. The Labute approximate surface area is 99.8 Å². The van der Waals surface area contributed by atoms with E-state index in [2.05, 4.69) is 0 Å². The number of carbonyl (C=O) groups excluding carboxylic acids is 1. The second kappa shape index (κ2) is 5.17. The number of anilines is 1. The molecule has 92 valence electrons. The number of hydrogen-bond acceptors (Lipinski definition) is 3.